The van der Waals surface area contributed by atoms with Crippen LogP contribution < -0.4 is 0 Å². The molecule has 0 heterocycles. The summed E-state index contributed by atoms with van der Waals surface area (Å²) >= 11 is 0. The lowest BCUT2D eigenvalue weighted by Gasteiger charge is -2.06. The van der Waals surface area contributed by atoms with Gasteiger partial charge in [-0.1, -0.05) is 49.1 Å². The second-order valence-corrected chi connectivity index (χ2v) is 4.40. The van der Waals surface area contributed by atoms with Gasteiger partial charge in [-0.3, -0.25) is 0 Å². The largest absolute Gasteiger partial charge is 0.0985 e. The smallest absolute Gasteiger partial charge is 0.00132 e. The minimum Gasteiger partial charge on any atom is -0.0985 e. The quantitative estimate of drug-likeness (QED) is 0.559. The van der Waals surface area contributed by atoms with Crippen molar-refractivity contribution < 1.29 is 0 Å². The Labute approximate surface area is 96.3 Å². The van der Waals surface area contributed by atoms with Gasteiger partial charge < -0.3 is 0 Å². The molecular formula is C16H14. The molecule has 2 aromatic carbocycles. The topological polar surface area (TPSA) is 0 Å². The highest BCUT2D eigenvalue weighted by Gasteiger charge is 2.18. The highest BCUT2D eigenvalue weighted by molar-refractivity contribution is 5.79. The van der Waals surface area contributed by atoms with Crippen molar-refractivity contribution in [1.82, 2.24) is 0 Å². The van der Waals surface area contributed by atoms with Gasteiger partial charge in [0.1, 0.15) is 0 Å². The fourth-order valence-corrected chi connectivity index (χ4v) is 2.53. The molecule has 0 saturated heterocycles. The van der Waals surface area contributed by atoms with E-state index < -0.39 is 0 Å². The summed E-state index contributed by atoms with van der Waals surface area (Å²) in [7, 11) is 0. The minimum absolute atomic E-state index is 1.06. The summed E-state index contributed by atoms with van der Waals surface area (Å²) in [5.41, 5.74) is 8.24. The van der Waals surface area contributed by atoms with Gasteiger partial charge in [0, 0.05) is 0 Å². The average Bonchev–Trinajstić information content (AvgIpc) is 2.66. The first-order valence-corrected chi connectivity index (χ1v) is 5.64. The molecule has 0 unspecified atom stereocenters. The Morgan fingerprint density at radius 3 is 2.69 bits per heavy atom. The van der Waals surface area contributed by atoms with Crippen molar-refractivity contribution in [2.45, 2.75) is 13.3 Å². The summed E-state index contributed by atoms with van der Waals surface area (Å²) in [6.07, 6.45) is 3.01. The lowest BCUT2D eigenvalue weighted by molar-refractivity contribution is 1.25. The average molecular weight is 206 g/mol. The van der Waals surface area contributed by atoms with Crippen molar-refractivity contribution in [2.75, 3.05) is 0 Å². The predicted molar refractivity (Wildman–Crippen MR) is 69.5 cm³/mol. The fourth-order valence-electron chi connectivity index (χ4n) is 2.53. The van der Waals surface area contributed by atoms with Crippen LogP contribution in [0, 0.1) is 6.92 Å². The van der Waals surface area contributed by atoms with Crippen LogP contribution in [0.1, 0.15) is 22.3 Å². The lowest BCUT2D eigenvalue weighted by atomic mass is 9.99. The summed E-state index contributed by atoms with van der Waals surface area (Å²) in [4.78, 5) is 0. The molecule has 0 radical (unpaired) electrons. The zero-order valence-electron chi connectivity index (χ0n) is 9.46. The Hall–Kier alpha value is -1.82. The molecule has 0 aliphatic heterocycles. The molecule has 0 N–H and O–H groups in total. The summed E-state index contributed by atoms with van der Waals surface area (Å²) in [5, 5.41) is 0. The molecular weight excluding hydrogens is 192 g/mol. The summed E-state index contributed by atoms with van der Waals surface area (Å²) < 4.78 is 0. The van der Waals surface area contributed by atoms with E-state index in [1.807, 2.05) is 6.08 Å². The van der Waals surface area contributed by atoms with Crippen LogP contribution >= 0.6 is 0 Å². The van der Waals surface area contributed by atoms with E-state index in [4.69, 9.17) is 0 Å². The summed E-state index contributed by atoms with van der Waals surface area (Å²) in [6, 6.07) is 13.2. The van der Waals surface area contributed by atoms with Crippen LogP contribution in [-0.4, -0.2) is 0 Å². The third-order valence-electron chi connectivity index (χ3n) is 3.40. The van der Waals surface area contributed by atoms with Crippen molar-refractivity contribution in [1.29, 1.82) is 0 Å². The summed E-state index contributed by atoms with van der Waals surface area (Å²) in [5.74, 6) is 0. The molecule has 3 rings (SSSR count). The van der Waals surface area contributed by atoms with Crippen molar-refractivity contribution in [3.05, 3.63) is 65.2 Å². The minimum atomic E-state index is 1.06. The molecule has 78 valence electrons. The van der Waals surface area contributed by atoms with Crippen molar-refractivity contribution in [3.8, 4) is 11.1 Å². The zero-order valence-corrected chi connectivity index (χ0v) is 9.46. The Morgan fingerprint density at radius 1 is 1.06 bits per heavy atom. The van der Waals surface area contributed by atoms with E-state index in [9.17, 15) is 0 Å². The van der Waals surface area contributed by atoms with Crippen LogP contribution in [0.2, 0.25) is 0 Å². The maximum Gasteiger partial charge on any atom is -0.00132 e. The maximum absolute atomic E-state index is 3.87. The summed E-state index contributed by atoms with van der Waals surface area (Å²) in [6.45, 7) is 6.02. The fraction of sp³-hybridized carbons (Fsp3) is 0.125. The number of fused-ring (bicyclic) bond motifs is 3. The van der Waals surface area contributed by atoms with E-state index in [-0.39, 0.29) is 0 Å². The Balaban J connectivity index is 2.26. The molecule has 2 aromatic rings. The Kier molecular flexibility index (Phi) is 1.97. The van der Waals surface area contributed by atoms with Crippen LogP contribution in [-0.2, 0) is 6.42 Å². The molecule has 16 heavy (non-hydrogen) atoms. The molecule has 0 nitrogen and oxygen atoms in total. The first-order valence-electron chi connectivity index (χ1n) is 5.64. The zero-order chi connectivity index (χ0) is 11.1. The second kappa shape index (κ2) is 3.34. The van der Waals surface area contributed by atoms with Crippen molar-refractivity contribution >= 4 is 6.08 Å². The number of hydrogen-bond acceptors (Lipinski definition) is 0. The van der Waals surface area contributed by atoms with Gasteiger partial charge in [0.15, 0.2) is 0 Å². The van der Waals surface area contributed by atoms with Gasteiger partial charge >= 0.3 is 0 Å². The molecule has 0 heteroatoms. The van der Waals surface area contributed by atoms with E-state index in [1.54, 1.807) is 0 Å². The van der Waals surface area contributed by atoms with E-state index in [0.29, 0.717) is 0 Å². The molecule has 0 spiro atoms. The van der Waals surface area contributed by atoms with Gasteiger partial charge in [0.25, 0.3) is 0 Å². The Morgan fingerprint density at radius 2 is 1.88 bits per heavy atom. The van der Waals surface area contributed by atoms with Gasteiger partial charge in [-0.25, -0.2) is 0 Å². The Bertz CT molecular complexity index is 577. The first-order chi connectivity index (χ1) is 7.79. The van der Waals surface area contributed by atoms with Gasteiger partial charge in [-0.05, 0) is 46.7 Å². The van der Waals surface area contributed by atoms with Gasteiger partial charge in [-0.2, -0.15) is 0 Å². The normalized spacial score (nSPS) is 12.1. The first kappa shape index (κ1) is 9.41. The van der Waals surface area contributed by atoms with Gasteiger partial charge in [0.2, 0.25) is 0 Å². The second-order valence-electron chi connectivity index (χ2n) is 4.40. The SMILES string of the molecule is C=Cc1cc2c(cc1C)-c1ccccc1C2. The lowest BCUT2D eigenvalue weighted by Crippen LogP contribution is -1.86. The van der Waals surface area contributed by atoms with Crippen molar-refractivity contribution in [2.24, 2.45) is 0 Å². The molecule has 0 fully saturated rings. The van der Waals surface area contributed by atoms with E-state index in [2.05, 4.69) is 49.9 Å². The third-order valence-corrected chi connectivity index (χ3v) is 3.40. The number of aryl methyl sites for hydroxylation is 1. The van der Waals surface area contributed by atoms with Crippen molar-refractivity contribution in [3.63, 3.8) is 0 Å². The van der Waals surface area contributed by atoms with E-state index >= 15 is 0 Å². The standard InChI is InChI=1S/C16H14/c1-3-12-9-14-10-13-6-4-5-7-15(13)16(14)8-11(12)2/h3-9H,1,10H2,2H3. The molecule has 1 aliphatic rings. The van der Waals surface area contributed by atoms with E-state index in [0.717, 1.165) is 6.42 Å². The molecule has 0 aromatic heterocycles. The number of hydrogen-bond donors (Lipinski definition) is 0. The highest BCUT2D eigenvalue weighted by Crippen LogP contribution is 2.37. The van der Waals surface area contributed by atoms with Crippen LogP contribution in [0.4, 0.5) is 0 Å². The molecule has 0 bridgehead atoms. The monoisotopic (exact) mass is 206 g/mol. The highest BCUT2D eigenvalue weighted by atomic mass is 14.2. The van der Waals surface area contributed by atoms with Crippen LogP contribution in [0.25, 0.3) is 17.2 Å². The van der Waals surface area contributed by atoms with Crippen LogP contribution in [0.15, 0.2) is 43.0 Å². The van der Waals surface area contributed by atoms with E-state index in [1.165, 1.54) is 33.4 Å². The van der Waals surface area contributed by atoms with Crippen LogP contribution in [0.5, 0.6) is 0 Å². The number of benzene rings is 2. The van der Waals surface area contributed by atoms with Gasteiger partial charge in [0.05, 0.1) is 0 Å². The molecule has 0 saturated carbocycles. The van der Waals surface area contributed by atoms with Gasteiger partial charge in [-0.15, -0.1) is 0 Å². The number of rotatable bonds is 1. The molecule has 0 atom stereocenters. The predicted octanol–water partition coefficient (Wildman–Crippen LogP) is 4.21. The third kappa shape index (κ3) is 1.23. The van der Waals surface area contributed by atoms with Crippen LogP contribution in [0.3, 0.4) is 0 Å². The molecule has 0 amide bonds. The maximum atomic E-state index is 3.87. The molecule has 1 aliphatic carbocycles.